The van der Waals surface area contributed by atoms with Crippen LogP contribution in [0, 0.1) is 0 Å². The average Bonchev–Trinajstić information content (AvgIpc) is 2.30. The predicted molar refractivity (Wildman–Crippen MR) is 87.5 cm³/mol. The molecule has 0 aliphatic carbocycles. The second kappa shape index (κ2) is 6.43. The van der Waals surface area contributed by atoms with Crippen LogP contribution in [0.3, 0.4) is 0 Å². The fourth-order valence-corrected chi connectivity index (χ4v) is 7.25. The molecule has 1 aromatic carbocycles. The minimum absolute atomic E-state index is 0.137. The van der Waals surface area contributed by atoms with Gasteiger partial charge in [0.1, 0.15) is 4.90 Å². The number of hydrogen-bond donors (Lipinski definition) is 2. The molecule has 20 heavy (non-hydrogen) atoms. The Morgan fingerprint density at radius 1 is 1.20 bits per heavy atom. The van der Waals surface area contributed by atoms with Crippen LogP contribution in [0.5, 0.6) is 0 Å². The lowest BCUT2D eigenvalue weighted by Gasteiger charge is -2.23. The van der Waals surface area contributed by atoms with Gasteiger partial charge in [0.15, 0.2) is 0 Å². The van der Waals surface area contributed by atoms with Crippen LogP contribution in [0.15, 0.2) is 26.0 Å². The summed E-state index contributed by atoms with van der Waals surface area (Å²) in [4.78, 5) is 0.137. The third-order valence-electron chi connectivity index (χ3n) is 3.00. The van der Waals surface area contributed by atoms with Crippen LogP contribution in [0.2, 0.25) is 0 Å². The highest BCUT2D eigenvalue weighted by molar-refractivity contribution is 9.11. The highest BCUT2D eigenvalue weighted by Crippen LogP contribution is 2.32. The summed E-state index contributed by atoms with van der Waals surface area (Å²) in [6, 6.07) is 2.93. The molecule has 1 aliphatic rings. The van der Waals surface area contributed by atoms with Gasteiger partial charge in [0.05, 0.1) is 0 Å². The standard InChI is InChI=1S/C11H14Br2N2O3S2/c12-9-5-7(14)6-10(13)11(9)20(17,18)15-8-1-3-19(16)4-2-8/h5-6,8,15H,1-4,14H2. The van der Waals surface area contributed by atoms with Crippen molar-refractivity contribution in [2.24, 2.45) is 0 Å². The molecule has 0 amide bonds. The first-order chi connectivity index (χ1) is 9.29. The molecular formula is C11H14Br2N2O3S2. The topological polar surface area (TPSA) is 89.3 Å². The lowest BCUT2D eigenvalue weighted by atomic mass is 10.2. The maximum Gasteiger partial charge on any atom is 0.243 e. The Labute approximate surface area is 137 Å². The molecule has 0 spiro atoms. The summed E-state index contributed by atoms with van der Waals surface area (Å²) < 4.78 is 39.7. The van der Waals surface area contributed by atoms with Gasteiger partial charge in [0.25, 0.3) is 0 Å². The van der Waals surface area contributed by atoms with Crippen LogP contribution >= 0.6 is 31.9 Å². The molecular weight excluding hydrogens is 432 g/mol. The Morgan fingerprint density at radius 3 is 2.20 bits per heavy atom. The number of sulfonamides is 1. The van der Waals surface area contributed by atoms with E-state index in [1.54, 1.807) is 12.1 Å². The van der Waals surface area contributed by atoms with Gasteiger partial charge in [-0.1, -0.05) is 0 Å². The SMILES string of the molecule is Nc1cc(Br)c(S(=O)(=O)NC2CCS(=O)CC2)c(Br)c1. The smallest absolute Gasteiger partial charge is 0.243 e. The third kappa shape index (κ3) is 3.82. The van der Waals surface area contributed by atoms with Crippen LogP contribution < -0.4 is 10.5 Å². The molecule has 3 N–H and O–H groups in total. The van der Waals surface area contributed by atoms with Crippen molar-refractivity contribution in [1.29, 1.82) is 0 Å². The molecule has 0 unspecified atom stereocenters. The summed E-state index contributed by atoms with van der Waals surface area (Å²) in [5.41, 5.74) is 6.13. The van der Waals surface area contributed by atoms with Crippen molar-refractivity contribution in [3.8, 4) is 0 Å². The van der Waals surface area contributed by atoms with Gasteiger partial charge in [-0.05, 0) is 56.8 Å². The van der Waals surface area contributed by atoms with Gasteiger partial charge in [-0.25, -0.2) is 13.1 Å². The van der Waals surface area contributed by atoms with Gasteiger partial charge in [-0.3, -0.25) is 4.21 Å². The number of halogens is 2. The van der Waals surface area contributed by atoms with Crippen molar-refractivity contribution in [3.05, 3.63) is 21.1 Å². The van der Waals surface area contributed by atoms with Crippen LogP contribution in [0.1, 0.15) is 12.8 Å². The van der Waals surface area contributed by atoms with Crippen molar-refractivity contribution in [2.75, 3.05) is 17.2 Å². The van der Waals surface area contributed by atoms with Gasteiger partial charge >= 0.3 is 0 Å². The van der Waals surface area contributed by atoms with Gasteiger partial charge < -0.3 is 5.73 Å². The summed E-state index contributed by atoms with van der Waals surface area (Å²) in [5.74, 6) is 1.08. The molecule has 112 valence electrons. The van der Waals surface area contributed by atoms with E-state index in [2.05, 4.69) is 36.6 Å². The number of rotatable bonds is 3. The number of hydrogen-bond acceptors (Lipinski definition) is 4. The van der Waals surface area contributed by atoms with Crippen LogP contribution in [0.4, 0.5) is 5.69 Å². The summed E-state index contributed by atoms with van der Waals surface area (Å²) >= 11 is 6.46. The minimum Gasteiger partial charge on any atom is -0.399 e. The summed E-state index contributed by atoms with van der Waals surface area (Å²) in [6.45, 7) is 0. The number of anilines is 1. The first-order valence-corrected chi connectivity index (χ1v) is 10.5. The average molecular weight is 446 g/mol. The number of benzene rings is 1. The Bertz CT molecular complexity index is 616. The van der Waals surface area contributed by atoms with E-state index >= 15 is 0 Å². The highest BCUT2D eigenvalue weighted by Gasteiger charge is 2.27. The Hall–Kier alpha value is 0.0400. The molecule has 0 atom stereocenters. The van der Waals surface area contributed by atoms with Gasteiger partial charge in [0, 0.05) is 43.0 Å². The van der Waals surface area contributed by atoms with Crippen molar-refractivity contribution >= 4 is 58.4 Å². The largest absolute Gasteiger partial charge is 0.399 e. The first-order valence-electron chi connectivity index (χ1n) is 5.91. The zero-order valence-electron chi connectivity index (χ0n) is 10.4. The van der Waals surface area contributed by atoms with E-state index < -0.39 is 20.8 Å². The number of nitrogens with two attached hydrogens (primary N) is 1. The highest BCUT2D eigenvalue weighted by atomic mass is 79.9. The summed E-state index contributed by atoms with van der Waals surface area (Å²) in [7, 11) is -4.47. The van der Waals surface area contributed by atoms with Crippen molar-refractivity contribution in [3.63, 3.8) is 0 Å². The molecule has 0 radical (unpaired) electrons. The third-order valence-corrected chi connectivity index (χ3v) is 7.78. The lowest BCUT2D eigenvalue weighted by molar-refractivity contribution is 0.521. The van der Waals surface area contributed by atoms with Crippen molar-refractivity contribution < 1.29 is 12.6 Å². The predicted octanol–water partition coefficient (Wildman–Crippen LogP) is 1.98. The van der Waals surface area contributed by atoms with Crippen molar-refractivity contribution in [2.45, 2.75) is 23.8 Å². The number of nitrogen functional groups attached to an aromatic ring is 1. The van der Waals surface area contributed by atoms with Crippen LogP contribution in [0.25, 0.3) is 0 Å². The van der Waals surface area contributed by atoms with Crippen LogP contribution in [-0.2, 0) is 20.8 Å². The maximum absolute atomic E-state index is 12.4. The second-order valence-corrected chi connectivity index (χ2v) is 9.61. The molecule has 1 heterocycles. The van der Waals surface area contributed by atoms with Gasteiger partial charge in [0.2, 0.25) is 10.0 Å². The second-order valence-electron chi connectivity index (χ2n) is 4.56. The molecule has 9 heteroatoms. The quantitative estimate of drug-likeness (QED) is 0.696. The van der Waals surface area contributed by atoms with Gasteiger partial charge in [-0.15, -0.1) is 0 Å². The summed E-state index contributed by atoms with van der Waals surface area (Å²) in [6.07, 6.45) is 1.19. The molecule has 2 rings (SSSR count). The van der Waals surface area contributed by atoms with E-state index in [0.29, 0.717) is 39.0 Å². The minimum atomic E-state index is -3.65. The zero-order chi connectivity index (χ0) is 14.9. The zero-order valence-corrected chi connectivity index (χ0v) is 15.2. The van der Waals surface area contributed by atoms with Gasteiger partial charge in [-0.2, -0.15) is 0 Å². The number of nitrogens with one attached hydrogen (secondary N) is 1. The Balaban J connectivity index is 2.25. The maximum atomic E-state index is 12.4. The molecule has 1 fully saturated rings. The van der Waals surface area contributed by atoms with E-state index in [1.165, 1.54) is 0 Å². The Kier molecular flexibility index (Phi) is 5.28. The summed E-state index contributed by atoms with van der Waals surface area (Å²) in [5, 5.41) is 0. The fraction of sp³-hybridized carbons (Fsp3) is 0.455. The molecule has 0 bridgehead atoms. The lowest BCUT2D eigenvalue weighted by Crippen LogP contribution is -2.39. The molecule has 1 aliphatic heterocycles. The normalized spacial score (nSPS) is 23.7. The molecule has 5 nitrogen and oxygen atoms in total. The molecule has 1 saturated heterocycles. The van der Waals surface area contributed by atoms with E-state index in [-0.39, 0.29) is 10.9 Å². The Morgan fingerprint density at radius 2 is 1.70 bits per heavy atom. The molecule has 0 aromatic heterocycles. The molecule has 0 saturated carbocycles. The van der Waals surface area contributed by atoms with E-state index in [0.717, 1.165) is 0 Å². The van der Waals surface area contributed by atoms with Crippen molar-refractivity contribution in [1.82, 2.24) is 4.72 Å². The first kappa shape index (κ1) is 16.4. The molecule has 1 aromatic rings. The van der Waals surface area contributed by atoms with Crippen LogP contribution in [-0.4, -0.2) is 30.2 Å². The monoisotopic (exact) mass is 444 g/mol. The van der Waals surface area contributed by atoms with E-state index in [4.69, 9.17) is 5.73 Å². The fourth-order valence-electron chi connectivity index (χ4n) is 2.03. The van der Waals surface area contributed by atoms with E-state index in [9.17, 15) is 12.6 Å². The van der Waals surface area contributed by atoms with E-state index in [1.807, 2.05) is 0 Å².